The van der Waals surface area contributed by atoms with Gasteiger partial charge in [0.05, 0.1) is 12.6 Å². The zero-order valence-electron chi connectivity index (χ0n) is 13.1. The smallest absolute Gasteiger partial charge is 0.545 e. The number of methoxy groups -OCH3 is 1. The summed E-state index contributed by atoms with van der Waals surface area (Å²) in [6.45, 7) is 2.05. The number of carbonyl (C=O) groups excluding carboxylic acids is 1. The Balaban J connectivity index is 0.00000264. The maximum absolute atomic E-state index is 10.7. The Morgan fingerprint density at radius 1 is 1.35 bits per heavy atom. The van der Waals surface area contributed by atoms with E-state index in [1.54, 1.807) is 13.0 Å². The molecule has 6 nitrogen and oxygen atoms in total. The van der Waals surface area contributed by atoms with Gasteiger partial charge in [-0.05, 0) is 42.8 Å². The molecule has 0 aliphatic rings. The van der Waals surface area contributed by atoms with Crippen LogP contribution in [0.15, 0.2) is 30.3 Å². The first-order chi connectivity index (χ1) is 10.5. The molecule has 7 heteroatoms. The van der Waals surface area contributed by atoms with E-state index in [2.05, 4.69) is 11.1 Å². The van der Waals surface area contributed by atoms with Gasteiger partial charge >= 0.3 is 51.4 Å². The molecule has 0 amide bonds. The molecule has 0 aliphatic heterocycles. The van der Waals surface area contributed by atoms with Crippen LogP contribution < -0.4 is 61.2 Å². The van der Waals surface area contributed by atoms with Gasteiger partial charge in [-0.1, -0.05) is 0 Å². The van der Waals surface area contributed by atoms with Crippen molar-refractivity contribution in [3.05, 3.63) is 52.7 Å². The van der Waals surface area contributed by atoms with E-state index in [-0.39, 0.29) is 75.0 Å². The maximum Gasteiger partial charge on any atom is 1.00 e. The van der Waals surface area contributed by atoms with E-state index in [1.807, 2.05) is 0 Å². The van der Waals surface area contributed by atoms with Crippen molar-refractivity contribution in [1.82, 2.24) is 4.98 Å². The molecule has 1 aromatic carbocycles. The summed E-state index contributed by atoms with van der Waals surface area (Å²) in [4.78, 5) is 14.9. The summed E-state index contributed by atoms with van der Waals surface area (Å²) in [6, 6.07) is 9.50. The van der Waals surface area contributed by atoms with Crippen molar-refractivity contribution < 1.29 is 70.8 Å². The summed E-state index contributed by atoms with van der Waals surface area (Å²) in [5, 5.41) is 20.0. The topological polar surface area (TPSA) is 95.3 Å². The summed E-state index contributed by atoms with van der Waals surface area (Å²) >= 11 is 0. The minimum atomic E-state index is -1.26. The third-order valence-electron chi connectivity index (χ3n) is 2.91. The maximum atomic E-state index is 10.7. The number of rotatable bonds is 5. The Kier molecular flexibility index (Phi) is 7.85. The minimum Gasteiger partial charge on any atom is -0.545 e. The number of aromatic carboxylic acids is 1. The molecule has 112 valence electrons. The van der Waals surface area contributed by atoms with Gasteiger partial charge in [-0.25, -0.2) is 4.98 Å². The van der Waals surface area contributed by atoms with Crippen molar-refractivity contribution in [3.63, 3.8) is 0 Å². The fourth-order valence-corrected chi connectivity index (χ4v) is 1.94. The van der Waals surface area contributed by atoms with Gasteiger partial charge in [-0.15, -0.1) is 0 Å². The number of aromatic nitrogens is 1. The van der Waals surface area contributed by atoms with E-state index in [0.717, 1.165) is 0 Å². The zero-order chi connectivity index (χ0) is 16.1. The number of benzene rings is 1. The third-order valence-corrected chi connectivity index (χ3v) is 2.91. The number of carboxylic acid groups (broad SMARTS) is 1. The number of ether oxygens (including phenoxy) is 2. The van der Waals surface area contributed by atoms with Gasteiger partial charge in [0, 0.05) is 18.4 Å². The summed E-state index contributed by atoms with van der Waals surface area (Å²) in [6.07, 6.45) is 0. The molecular formula is C16H13KN2O4. The van der Waals surface area contributed by atoms with E-state index in [1.165, 1.54) is 31.4 Å². The van der Waals surface area contributed by atoms with Crippen molar-refractivity contribution in [2.75, 3.05) is 7.11 Å². The molecule has 0 saturated carbocycles. The molecule has 0 N–H and O–H groups in total. The van der Waals surface area contributed by atoms with Gasteiger partial charge in [0.25, 0.3) is 0 Å². The van der Waals surface area contributed by atoms with Crippen molar-refractivity contribution >= 4 is 5.97 Å². The summed E-state index contributed by atoms with van der Waals surface area (Å²) in [5.74, 6) is -0.723. The number of hydrogen-bond donors (Lipinski definition) is 0. The average molecular weight is 336 g/mol. The van der Waals surface area contributed by atoms with Crippen LogP contribution >= 0.6 is 0 Å². The van der Waals surface area contributed by atoms with Crippen LogP contribution in [0.1, 0.15) is 27.2 Å². The number of pyridine rings is 1. The normalized spacial score (nSPS) is 9.61. The Morgan fingerprint density at radius 2 is 2.00 bits per heavy atom. The Labute approximate surface area is 176 Å². The van der Waals surface area contributed by atoms with Crippen molar-refractivity contribution in [1.29, 1.82) is 5.26 Å². The minimum absolute atomic E-state index is 0. The third kappa shape index (κ3) is 5.11. The van der Waals surface area contributed by atoms with Crippen LogP contribution in [0.3, 0.4) is 0 Å². The summed E-state index contributed by atoms with van der Waals surface area (Å²) < 4.78 is 10.7. The van der Waals surface area contributed by atoms with Crippen LogP contribution in [0.4, 0.5) is 0 Å². The van der Waals surface area contributed by atoms with Crippen molar-refractivity contribution in [2.45, 2.75) is 13.5 Å². The molecule has 0 atom stereocenters. The van der Waals surface area contributed by atoms with E-state index in [9.17, 15) is 15.2 Å². The molecular weight excluding hydrogens is 323 g/mol. The fourth-order valence-electron chi connectivity index (χ4n) is 1.94. The van der Waals surface area contributed by atoms with Crippen molar-refractivity contribution in [3.8, 4) is 17.7 Å². The van der Waals surface area contributed by atoms with Crippen LogP contribution in [0.2, 0.25) is 0 Å². The van der Waals surface area contributed by atoms with Gasteiger partial charge in [0.15, 0.2) is 0 Å². The predicted octanol–water partition coefficient (Wildman–Crippen LogP) is -1.43. The van der Waals surface area contributed by atoms with Gasteiger partial charge < -0.3 is 19.4 Å². The zero-order valence-corrected chi connectivity index (χ0v) is 16.2. The number of aryl methyl sites for hydroxylation is 1. The number of hydrogen-bond acceptors (Lipinski definition) is 6. The molecule has 0 saturated heterocycles. The standard InChI is InChI=1S/C16H14N2O4.K/c1-10-7-12(9-21-2)14(8-17)15(18-10)22-13-5-3-11(4-6-13)16(19)20;/h3-7H,9H2,1-2H3,(H,19,20);/q;+1/p-1. The molecule has 0 unspecified atom stereocenters. The Hall–Kier alpha value is -1.27. The van der Waals surface area contributed by atoms with Crippen LogP contribution in [0.5, 0.6) is 11.6 Å². The Bertz CT molecular complexity index is 739. The van der Waals surface area contributed by atoms with Gasteiger partial charge in [0.1, 0.15) is 17.4 Å². The number of nitrogens with zero attached hydrogens (tertiary/aromatic N) is 2. The van der Waals surface area contributed by atoms with E-state index in [0.29, 0.717) is 17.0 Å². The monoisotopic (exact) mass is 336 g/mol. The first kappa shape index (κ1) is 19.8. The molecule has 23 heavy (non-hydrogen) atoms. The Morgan fingerprint density at radius 3 is 2.52 bits per heavy atom. The molecule has 2 rings (SSSR count). The number of carboxylic acids is 1. The molecule has 2 aromatic rings. The van der Waals surface area contributed by atoms with E-state index < -0.39 is 5.97 Å². The van der Waals surface area contributed by atoms with Crippen LogP contribution in [-0.4, -0.2) is 18.1 Å². The first-order valence-electron chi connectivity index (χ1n) is 6.44. The molecule has 0 aliphatic carbocycles. The predicted molar refractivity (Wildman–Crippen MR) is 75.2 cm³/mol. The SMILES string of the molecule is COCc1cc(C)nc(Oc2ccc(C(=O)[O-])cc2)c1C#N.[K+]. The number of carbonyl (C=O) groups is 1. The molecule has 1 heterocycles. The molecule has 0 spiro atoms. The summed E-state index contributed by atoms with van der Waals surface area (Å²) in [7, 11) is 1.54. The second-order valence-corrected chi connectivity index (χ2v) is 4.56. The van der Waals surface area contributed by atoms with Crippen LogP contribution in [-0.2, 0) is 11.3 Å². The molecule has 1 aromatic heterocycles. The average Bonchev–Trinajstić information content (AvgIpc) is 2.48. The largest absolute Gasteiger partial charge is 1.00 e. The second kappa shape index (κ2) is 9.13. The molecule has 0 bridgehead atoms. The summed E-state index contributed by atoms with van der Waals surface area (Å²) in [5.41, 5.74) is 1.70. The quantitative estimate of drug-likeness (QED) is 0.621. The van der Waals surface area contributed by atoms with E-state index in [4.69, 9.17) is 9.47 Å². The van der Waals surface area contributed by atoms with Crippen molar-refractivity contribution in [2.24, 2.45) is 0 Å². The van der Waals surface area contributed by atoms with Gasteiger partial charge in [0.2, 0.25) is 5.88 Å². The van der Waals surface area contributed by atoms with Crippen LogP contribution in [0, 0.1) is 18.3 Å². The van der Waals surface area contributed by atoms with Gasteiger partial charge in [-0.3, -0.25) is 0 Å². The first-order valence-corrected chi connectivity index (χ1v) is 6.44. The van der Waals surface area contributed by atoms with E-state index >= 15 is 0 Å². The number of nitriles is 1. The van der Waals surface area contributed by atoms with Gasteiger partial charge in [-0.2, -0.15) is 5.26 Å². The molecule has 0 fully saturated rings. The van der Waals surface area contributed by atoms with Crippen LogP contribution in [0.25, 0.3) is 0 Å². The second-order valence-electron chi connectivity index (χ2n) is 4.56. The molecule has 0 radical (unpaired) electrons. The fraction of sp³-hybridized carbons (Fsp3) is 0.188.